The molecule has 11 nitrogen and oxygen atoms in total. The number of hydrogen-bond acceptors (Lipinski definition) is 8. The fourth-order valence-corrected chi connectivity index (χ4v) is 6.00. The molecular formula is C28H33N3O8. The van der Waals surface area contributed by atoms with Crippen LogP contribution in [0.15, 0.2) is 48.6 Å². The molecule has 4 heterocycles. The van der Waals surface area contributed by atoms with Crippen molar-refractivity contribution >= 4 is 29.4 Å². The lowest BCUT2D eigenvalue weighted by Gasteiger charge is -2.35. The number of nitrogens with one attached hydrogen (secondary N) is 1. The van der Waals surface area contributed by atoms with Gasteiger partial charge in [0.1, 0.15) is 29.4 Å². The highest BCUT2D eigenvalue weighted by Gasteiger charge is 2.71. The van der Waals surface area contributed by atoms with E-state index in [1.54, 1.807) is 67.5 Å². The van der Waals surface area contributed by atoms with Gasteiger partial charge in [-0.05, 0) is 37.6 Å². The highest BCUT2D eigenvalue weighted by molar-refractivity contribution is 6.05. The number of allylic oxidation sites excluding steroid dienone is 1. The molecule has 5 rings (SSSR count). The Morgan fingerprint density at radius 1 is 1.13 bits per heavy atom. The van der Waals surface area contributed by atoms with Gasteiger partial charge in [0, 0.05) is 25.2 Å². The Morgan fingerprint density at radius 3 is 2.62 bits per heavy atom. The van der Waals surface area contributed by atoms with E-state index in [1.807, 2.05) is 0 Å². The standard InChI is InChI=1S/C28H33N3O8/c1-17-16-29-21(33)7-4-3-6-20-22(27(36)38-17)23-25(34)31(14-15-32)24-26(35)30(13-5-12-28(23,24)39-20)18-8-10-19(37-2)11-9-18/h3,5-6,8-12,17,20,22-24,32H,4,7,13-16H2,1-2H3,(H,29,33)/b6-3-/t17-,20-,22+,23+,24-,28+/m0/s1. The second kappa shape index (κ2) is 10.8. The predicted octanol–water partition coefficient (Wildman–Crippen LogP) is 0.569. The molecule has 1 aromatic rings. The van der Waals surface area contributed by atoms with Gasteiger partial charge in [-0.1, -0.05) is 24.3 Å². The van der Waals surface area contributed by atoms with E-state index in [0.717, 1.165) is 0 Å². The normalized spacial score (nSPS) is 33.7. The smallest absolute Gasteiger partial charge is 0.313 e. The van der Waals surface area contributed by atoms with Crippen LogP contribution >= 0.6 is 0 Å². The van der Waals surface area contributed by atoms with Crippen LogP contribution in [0.2, 0.25) is 0 Å². The number of benzene rings is 1. The van der Waals surface area contributed by atoms with Gasteiger partial charge in [0.05, 0.1) is 32.3 Å². The molecule has 0 unspecified atom stereocenters. The molecule has 208 valence electrons. The molecule has 0 aliphatic carbocycles. The Labute approximate surface area is 226 Å². The van der Waals surface area contributed by atoms with Crippen molar-refractivity contribution in [3.63, 3.8) is 0 Å². The summed E-state index contributed by atoms with van der Waals surface area (Å²) in [6.07, 6.45) is 6.15. The molecule has 2 fully saturated rings. The molecule has 11 heteroatoms. The summed E-state index contributed by atoms with van der Waals surface area (Å²) < 4.78 is 17.5. The van der Waals surface area contributed by atoms with Crippen LogP contribution in [0.25, 0.3) is 0 Å². The van der Waals surface area contributed by atoms with E-state index >= 15 is 0 Å². The molecule has 1 spiro atoms. The van der Waals surface area contributed by atoms with Gasteiger partial charge in [0.15, 0.2) is 0 Å². The average molecular weight is 540 g/mol. The quantitative estimate of drug-likeness (QED) is 0.419. The second-order valence-corrected chi connectivity index (χ2v) is 10.2. The molecule has 1 aromatic carbocycles. The number of hydrogen-bond donors (Lipinski definition) is 2. The highest BCUT2D eigenvalue weighted by Crippen LogP contribution is 2.53. The fourth-order valence-electron chi connectivity index (χ4n) is 6.00. The van der Waals surface area contributed by atoms with Crippen molar-refractivity contribution in [1.29, 1.82) is 0 Å². The molecule has 0 saturated carbocycles. The van der Waals surface area contributed by atoms with E-state index in [2.05, 4.69) is 5.32 Å². The molecule has 6 atom stereocenters. The van der Waals surface area contributed by atoms with Crippen LogP contribution in [-0.2, 0) is 28.7 Å². The van der Waals surface area contributed by atoms with E-state index in [9.17, 15) is 24.3 Å². The third kappa shape index (κ3) is 4.70. The Hall–Kier alpha value is -3.70. The SMILES string of the molecule is COc1ccc(N2CC=C[C@@]34O[C@H]5/C=C\CCC(=O)NC[C@H](C)OC(=O)[C@H]5[C@@H]3C(=O)N(CCO)[C@H]4C2=O)cc1. The number of carbonyl (C=O) groups is 4. The Kier molecular flexibility index (Phi) is 7.46. The maximum Gasteiger partial charge on any atom is 0.313 e. The van der Waals surface area contributed by atoms with E-state index in [-0.39, 0.29) is 44.5 Å². The number of amides is 3. The molecule has 0 radical (unpaired) electrons. The second-order valence-electron chi connectivity index (χ2n) is 10.2. The molecule has 2 N–H and O–H groups in total. The lowest BCUT2D eigenvalue weighted by atomic mass is 9.78. The maximum absolute atomic E-state index is 14.2. The summed E-state index contributed by atoms with van der Waals surface area (Å²) in [5, 5.41) is 12.6. The van der Waals surface area contributed by atoms with E-state index in [4.69, 9.17) is 14.2 Å². The van der Waals surface area contributed by atoms with Crippen molar-refractivity contribution < 1.29 is 38.5 Å². The molecule has 0 aromatic heterocycles. The van der Waals surface area contributed by atoms with Crippen LogP contribution < -0.4 is 15.0 Å². The number of fused-ring (bicyclic) bond motifs is 2. The first kappa shape index (κ1) is 26.9. The van der Waals surface area contributed by atoms with Gasteiger partial charge >= 0.3 is 5.97 Å². The third-order valence-electron chi connectivity index (χ3n) is 7.76. The lowest BCUT2D eigenvalue weighted by molar-refractivity contribution is -0.158. The number of esters is 1. The Morgan fingerprint density at radius 2 is 1.90 bits per heavy atom. The number of carbonyl (C=O) groups excluding carboxylic acids is 4. The monoisotopic (exact) mass is 539 g/mol. The first-order valence-corrected chi connectivity index (χ1v) is 13.2. The van der Waals surface area contributed by atoms with Crippen LogP contribution in [0, 0.1) is 11.8 Å². The summed E-state index contributed by atoms with van der Waals surface area (Å²) in [4.78, 5) is 56.6. The number of methoxy groups -OCH3 is 1. The summed E-state index contributed by atoms with van der Waals surface area (Å²) >= 11 is 0. The minimum atomic E-state index is -1.44. The topological polar surface area (TPSA) is 135 Å². The number of ether oxygens (including phenoxy) is 3. The van der Waals surface area contributed by atoms with Gasteiger partial charge in [0.2, 0.25) is 11.8 Å². The number of rotatable bonds is 4. The number of likely N-dealkylation sites (tertiary alicyclic amines) is 1. The van der Waals surface area contributed by atoms with Crippen molar-refractivity contribution in [2.45, 2.75) is 43.6 Å². The number of cyclic esters (lactones) is 1. The summed E-state index contributed by atoms with van der Waals surface area (Å²) in [7, 11) is 1.55. The van der Waals surface area contributed by atoms with Crippen LogP contribution in [-0.4, -0.2) is 90.9 Å². The van der Waals surface area contributed by atoms with E-state index < -0.39 is 47.6 Å². The summed E-state index contributed by atoms with van der Waals surface area (Å²) in [6, 6.07) is 5.90. The maximum atomic E-state index is 14.2. The van der Waals surface area contributed by atoms with E-state index in [0.29, 0.717) is 17.9 Å². The molecule has 2 saturated heterocycles. The molecule has 4 aliphatic heterocycles. The number of aliphatic hydroxyl groups is 1. The summed E-state index contributed by atoms with van der Waals surface area (Å²) in [5.74, 6) is -3.03. The van der Waals surface area contributed by atoms with E-state index in [1.165, 1.54) is 4.90 Å². The minimum absolute atomic E-state index is 0.0914. The highest BCUT2D eigenvalue weighted by atomic mass is 16.6. The van der Waals surface area contributed by atoms with Crippen molar-refractivity contribution in [2.75, 3.05) is 38.3 Å². The van der Waals surface area contributed by atoms with Crippen molar-refractivity contribution in [2.24, 2.45) is 11.8 Å². The predicted molar refractivity (Wildman–Crippen MR) is 139 cm³/mol. The zero-order valence-corrected chi connectivity index (χ0v) is 21.9. The van der Waals surface area contributed by atoms with Gasteiger partial charge in [0.25, 0.3) is 5.91 Å². The van der Waals surface area contributed by atoms with Crippen LogP contribution in [0.5, 0.6) is 5.75 Å². The fraction of sp³-hybridized carbons (Fsp3) is 0.500. The van der Waals surface area contributed by atoms with Crippen LogP contribution in [0.4, 0.5) is 5.69 Å². The van der Waals surface area contributed by atoms with Gasteiger partial charge in [-0.2, -0.15) is 0 Å². The Balaban J connectivity index is 1.56. The molecular weight excluding hydrogens is 506 g/mol. The number of nitrogens with zero attached hydrogens (tertiary/aromatic N) is 2. The first-order valence-electron chi connectivity index (χ1n) is 13.2. The zero-order valence-electron chi connectivity index (χ0n) is 21.9. The van der Waals surface area contributed by atoms with Crippen LogP contribution in [0.3, 0.4) is 0 Å². The van der Waals surface area contributed by atoms with Gasteiger partial charge in [-0.3, -0.25) is 19.2 Å². The largest absolute Gasteiger partial charge is 0.497 e. The minimum Gasteiger partial charge on any atom is -0.497 e. The summed E-state index contributed by atoms with van der Waals surface area (Å²) in [6.45, 7) is 1.58. The summed E-state index contributed by atoms with van der Waals surface area (Å²) in [5.41, 5.74) is -0.835. The molecule has 4 aliphatic rings. The molecule has 0 bridgehead atoms. The van der Waals surface area contributed by atoms with Crippen LogP contribution in [0.1, 0.15) is 19.8 Å². The third-order valence-corrected chi connectivity index (χ3v) is 7.76. The van der Waals surface area contributed by atoms with Crippen molar-refractivity contribution in [1.82, 2.24) is 10.2 Å². The van der Waals surface area contributed by atoms with Gasteiger partial charge in [-0.25, -0.2) is 0 Å². The number of aliphatic hydroxyl groups excluding tert-OH is 1. The van der Waals surface area contributed by atoms with Crippen molar-refractivity contribution in [3.05, 3.63) is 48.6 Å². The van der Waals surface area contributed by atoms with Gasteiger partial charge in [-0.15, -0.1) is 0 Å². The Bertz CT molecular complexity index is 1200. The van der Waals surface area contributed by atoms with Gasteiger partial charge < -0.3 is 34.4 Å². The van der Waals surface area contributed by atoms with Crippen molar-refractivity contribution in [3.8, 4) is 5.75 Å². The zero-order chi connectivity index (χ0) is 27.7. The molecule has 39 heavy (non-hydrogen) atoms. The first-order chi connectivity index (χ1) is 18.8. The lowest BCUT2D eigenvalue weighted by Crippen LogP contribution is -2.55. The number of anilines is 1. The number of β-amino-alcohol motifs (C(OH)–C–C–N with tert-alkyl or cyclic N) is 1. The molecule has 3 amide bonds. The average Bonchev–Trinajstić information content (AvgIpc) is 3.30.